The molecule has 1 aromatic carbocycles. The highest BCUT2D eigenvalue weighted by atomic mass is 16.5. The summed E-state index contributed by atoms with van der Waals surface area (Å²) in [6, 6.07) is 8.38. The number of benzene rings is 1. The number of fused-ring (bicyclic) bond motifs is 1. The molecule has 1 fully saturated rings. The summed E-state index contributed by atoms with van der Waals surface area (Å²) < 4.78 is 5.46. The summed E-state index contributed by atoms with van der Waals surface area (Å²) in [6.45, 7) is 4.72. The number of nitrogens with zero attached hydrogens (tertiary/aromatic N) is 1. The molecule has 0 aliphatic carbocycles. The van der Waals surface area contributed by atoms with E-state index in [-0.39, 0.29) is 5.54 Å². The number of aromatic nitrogens is 1. The number of ether oxygens (including phenoxy) is 1. The van der Waals surface area contributed by atoms with Crippen molar-refractivity contribution in [2.45, 2.75) is 25.4 Å². The molecule has 94 valence electrons. The van der Waals surface area contributed by atoms with Gasteiger partial charge in [0.25, 0.3) is 0 Å². The van der Waals surface area contributed by atoms with Crippen molar-refractivity contribution in [1.29, 1.82) is 0 Å². The maximum Gasteiger partial charge on any atom is 0.0646 e. The van der Waals surface area contributed by atoms with Gasteiger partial charge in [-0.1, -0.05) is 24.3 Å². The maximum absolute atomic E-state index is 5.46. The van der Waals surface area contributed by atoms with Crippen molar-refractivity contribution in [2.75, 3.05) is 13.2 Å². The Bertz CT molecular complexity index is 542. The predicted molar refractivity (Wildman–Crippen MR) is 72.4 cm³/mol. The van der Waals surface area contributed by atoms with Crippen LogP contribution in [0.2, 0.25) is 0 Å². The lowest BCUT2D eigenvalue weighted by molar-refractivity contribution is 0.171. The first-order valence-corrected chi connectivity index (χ1v) is 6.41. The molecule has 2 heterocycles. The highest BCUT2D eigenvalue weighted by Crippen LogP contribution is 2.21. The van der Waals surface area contributed by atoms with Gasteiger partial charge in [-0.25, -0.2) is 0 Å². The van der Waals surface area contributed by atoms with Crippen molar-refractivity contribution in [3.05, 3.63) is 42.2 Å². The second kappa shape index (κ2) is 4.67. The Kier molecular flexibility index (Phi) is 3.02. The monoisotopic (exact) mass is 242 g/mol. The van der Waals surface area contributed by atoms with Crippen LogP contribution >= 0.6 is 0 Å². The van der Waals surface area contributed by atoms with Crippen molar-refractivity contribution in [3.63, 3.8) is 0 Å². The second-order valence-corrected chi connectivity index (χ2v) is 5.24. The predicted octanol–water partition coefficient (Wildman–Crippen LogP) is 2.50. The summed E-state index contributed by atoms with van der Waals surface area (Å²) >= 11 is 0. The molecule has 0 radical (unpaired) electrons. The van der Waals surface area contributed by atoms with Crippen molar-refractivity contribution < 1.29 is 4.74 Å². The molecule has 2 aromatic rings. The van der Waals surface area contributed by atoms with Crippen LogP contribution in [0.5, 0.6) is 0 Å². The summed E-state index contributed by atoms with van der Waals surface area (Å²) in [4.78, 5) is 4.31. The molecule has 1 unspecified atom stereocenters. The Hall–Kier alpha value is -1.45. The Morgan fingerprint density at radius 3 is 3.06 bits per heavy atom. The van der Waals surface area contributed by atoms with E-state index < -0.39 is 0 Å². The molecule has 1 aliphatic heterocycles. The SMILES string of the molecule is CC1(NCc2cncc3ccccc23)CCOC1. The molecular formula is C15H18N2O. The molecule has 3 nitrogen and oxygen atoms in total. The van der Waals surface area contributed by atoms with E-state index in [1.807, 2.05) is 18.5 Å². The molecule has 0 saturated carbocycles. The molecule has 3 heteroatoms. The van der Waals surface area contributed by atoms with Crippen LogP contribution in [0.25, 0.3) is 10.8 Å². The average molecular weight is 242 g/mol. The largest absolute Gasteiger partial charge is 0.379 e. The fourth-order valence-electron chi connectivity index (χ4n) is 2.44. The molecule has 1 saturated heterocycles. The van der Waals surface area contributed by atoms with Gasteiger partial charge in [-0.3, -0.25) is 4.98 Å². The summed E-state index contributed by atoms with van der Waals surface area (Å²) in [6.07, 6.45) is 4.94. The van der Waals surface area contributed by atoms with Crippen molar-refractivity contribution in [2.24, 2.45) is 0 Å². The minimum absolute atomic E-state index is 0.108. The quantitative estimate of drug-likeness (QED) is 0.898. The fourth-order valence-corrected chi connectivity index (χ4v) is 2.44. The third-order valence-corrected chi connectivity index (χ3v) is 3.68. The number of nitrogens with one attached hydrogen (secondary N) is 1. The van der Waals surface area contributed by atoms with E-state index >= 15 is 0 Å². The Labute approximate surface area is 107 Å². The molecule has 1 N–H and O–H groups in total. The molecule has 1 aliphatic rings. The summed E-state index contributed by atoms with van der Waals surface area (Å²) in [5, 5.41) is 6.08. The standard InChI is InChI=1S/C15H18N2O/c1-15(6-7-18-11-15)17-10-13-9-16-8-12-4-2-3-5-14(12)13/h2-5,8-9,17H,6-7,10-11H2,1H3. The summed E-state index contributed by atoms with van der Waals surface area (Å²) in [7, 11) is 0. The first-order chi connectivity index (χ1) is 8.77. The Balaban J connectivity index is 1.82. The second-order valence-electron chi connectivity index (χ2n) is 5.24. The molecule has 1 aromatic heterocycles. The van der Waals surface area contributed by atoms with Gasteiger partial charge in [-0.15, -0.1) is 0 Å². The first kappa shape index (κ1) is 11.6. The van der Waals surface area contributed by atoms with Crippen LogP contribution in [-0.2, 0) is 11.3 Å². The molecule has 0 bridgehead atoms. The van der Waals surface area contributed by atoms with Crippen molar-refractivity contribution in [3.8, 4) is 0 Å². The van der Waals surface area contributed by atoms with Crippen molar-refractivity contribution >= 4 is 10.8 Å². The normalized spacial score (nSPS) is 23.6. The van der Waals surface area contributed by atoms with E-state index in [1.165, 1.54) is 16.3 Å². The summed E-state index contributed by atoms with van der Waals surface area (Å²) in [5.74, 6) is 0. The van der Waals surface area contributed by atoms with Crippen LogP contribution in [0.3, 0.4) is 0 Å². The van der Waals surface area contributed by atoms with E-state index in [4.69, 9.17) is 4.74 Å². The fraction of sp³-hybridized carbons (Fsp3) is 0.400. The van der Waals surface area contributed by atoms with Gasteiger partial charge in [0.2, 0.25) is 0 Å². The highest BCUT2D eigenvalue weighted by molar-refractivity contribution is 5.84. The number of hydrogen-bond acceptors (Lipinski definition) is 3. The van der Waals surface area contributed by atoms with Gasteiger partial charge < -0.3 is 10.1 Å². The first-order valence-electron chi connectivity index (χ1n) is 6.41. The lowest BCUT2D eigenvalue weighted by Gasteiger charge is -2.23. The zero-order chi connectivity index (χ0) is 12.4. The zero-order valence-corrected chi connectivity index (χ0v) is 10.6. The van der Waals surface area contributed by atoms with Gasteiger partial charge in [0, 0.05) is 36.5 Å². The molecule has 3 rings (SSSR count). The molecular weight excluding hydrogens is 224 g/mol. The highest BCUT2D eigenvalue weighted by Gasteiger charge is 2.28. The molecule has 0 spiro atoms. The summed E-state index contributed by atoms with van der Waals surface area (Å²) in [5.41, 5.74) is 1.36. The van der Waals surface area contributed by atoms with E-state index in [0.717, 1.165) is 26.2 Å². The number of rotatable bonds is 3. The van der Waals surface area contributed by atoms with Crippen LogP contribution in [-0.4, -0.2) is 23.7 Å². The van der Waals surface area contributed by atoms with E-state index in [9.17, 15) is 0 Å². The van der Waals surface area contributed by atoms with Gasteiger partial charge in [0.05, 0.1) is 6.61 Å². The van der Waals surface area contributed by atoms with Gasteiger partial charge >= 0.3 is 0 Å². The lowest BCUT2D eigenvalue weighted by Crippen LogP contribution is -2.42. The molecule has 0 amide bonds. The number of hydrogen-bond donors (Lipinski definition) is 1. The van der Waals surface area contributed by atoms with Crippen LogP contribution in [0.4, 0.5) is 0 Å². The van der Waals surface area contributed by atoms with Gasteiger partial charge in [0.15, 0.2) is 0 Å². The Morgan fingerprint density at radius 2 is 2.22 bits per heavy atom. The third kappa shape index (κ3) is 2.24. The maximum atomic E-state index is 5.46. The zero-order valence-electron chi connectivity index (χ0n) is 10.6. The van der Waals surface area contributed by atoms with Gasteiger partial charge in [-0.05, 0) is 24.3 Å². The lowest BCUT2D eigenvalue weighted by atomic mass is 10.0. The van der Waals surface area contributed by atoms with Gasteiger partial charge in [0.1, 0.15) is 0 Å². The van der Waals surface area contributed by atoms with E-state index in [1.54, 1.807) is 0 Å². The minimum atomic E-state index is 0.108. The number of pyridine rings is 1. The average Bonchev–Trinajstić information content (AvgIpc) is 2.84. The van der Waals surface area contributed by atoms with Gasteiger partial charge in [-0.2, -0.15) is 0 Å². The van der Waals surface area contributed by atoms with E-state index in [0.29, 0.717) is 0 Å². The van der Waals surface area contributed by atoms with Crippen molar-refractivity contribution in [1.82, 2.24) is 10.3 Å². The topological polar surface area (TPSA) is 34.2 Å². The minimum Gasteiger partial charge on any atom is -0.379 e. The third-order valence-electron chi connectivity index (χ3n) is 3.68. The van der Waals surface area contributed by atoms with E-state index in [2.05, 4.69) is 35.4 Å². The van der Waals surface area contributed by atoms with Crippen LogP contribution in [0.15, 0.2) is 36.7 Å². The molecule has 1 atom stereocenters. The van der Waals surface area contributed by atoms with Crippen LogP contribution in [0.1, 0.15) is 18.9 Å². The smallest absolute Gasteiger partial charge is 0.0646 e. The van der Waals surface area contributed by atoms with Crippen LogP contribution in [0, 0.1) is 0 Å². The molecule has 18 heavy (non-hydrogen) atoms. The Morgan fingerprint density at radius 1 is 1.33 bits per heavy atom. The van der Waals surface area contributed by atoms with Crippen LogP contribution < -0.4 is 5.32 Å².